The third-order valence-electron chi connectivity index (χ3n) is 3.79. The van der Waals surface area contributed by atoms with Crippen LogP contribution in [0.1, 0.15) is 30.9 Å². The Bertz CT molecular complexity index is 413. The maximum atomic E-state index is 12.0. The molecule has 1 aromatic rings. The molecule has 0 bridgehead atoms. The molecule has 0 spiro atoms. The topological polar surface area (TPSA) is 32.3 Å². The molecule has 1 aromatic carbocycles. The fourth-order valence-corrected chi connectivity index (χ4v) is 2.49. The normalized spacial score (nSPS) is 17.2. The summed E-state index contributed by atoms with van der Waals surface area (Å²) in [7, 11) is 0. The van der Waals surface area contributed by atoms with Crippen LogP contribution >= 0.6 is 0 Å². The predicted octanol–water partition coefficient (Wildman–Crippen LogP) is 1.78. The molecular weight excluding hydrogens is 224 g/mol. The summed E-state index contributed by atoms with van der Waals surface area (Å²) in [4.78, 5) is 14.3. The van der Waals surface area contributed by atoms with Crippen LogP contribution in [0, 0.1) is 0 Å². The second-order valence-corrected chi connectivity index (χ2v) is 4.77. The zero-order valence-electron chi connectivity index (χ0n) is 11.3. The molecule has 0 saturated carbocycles. The van der Waals surface area contributed by atoms with Gasteiger partial charge in [0.25, 0.3) is 0 Å². The number of hydrogen-bond acceptors (Lipinski definition) is 2. The number of hydrogen-bond donors (Lipinski definition) is 1. The molecule has 1 amide bonds. The highest BCUT2D eigenvalue weighted by Gasteiger charge is 2.31. The highest BCUT2D eigenvalue weighted by Crippen LogP contribution is 2.34. The molecule has 1 unspecified atom stereocenters. The summed E-state index contributed by atoms with van der Waals surface area (Å²) in [5.41, 5.74) is 2.53. The lowest BCUT2D eigenvalue weighted by Crippen LogP contribution is -2.39. The van der Waals surface area contributed by atoms with Gasteiger partial charge in [-0.05, 0) is 30.6 Å². The molecule has 1 atom stereocenters. The SMILES string of the molecule is CCN(CC)CCNC(=O)C1Cc2ccccc21. The number of carbonyl (C=O) groups is 1. The Balaban J connectivity index is 1.77. The van der Waals surface area contributed by atoms with Gasteiger partial charge in [0, 0.05) is 13.1 Å². The lowest BCUT2D eigenvalue weighted by Gasteiger charge is -2.29. The van der Waals surface area contributed by atoms with Crippen LogP contribution in [0.2, 0.25) is 0 Å². The molecule has 1 aliphatic carbocycles. The summed E-state index contributed by atoms with van der Waals surface area (Å²) in [6.07, 6.45) is 0.896. The molecule has 2 rings (SSSR count). The summed E-state index contributed by atoms with van der Waals surface area (Å²) in [6, 6.07) is 8.21. The van der Waals surface area contributed by atoms with E-state index in [1.165, 1.54) is 11.1 Å². The van der Waals surface area contributed by atoms with Crippen molar-refractivity contribution >= 4 is 5.91 Å². The van der Waals surface area contributed by atoms with E-state index < -0.39 is 0 Å². The van der Waals surface area contributed by atoms with E-state index in [0.717, 1.165) is 32.6 Å². The summed E-state index contributed by atoms with van der Waals surface area (Å²) >= 11 is 0. The van der Waals surface area contributed by atoms with Crippen molar-refractivity contribution in [1.82, 2.24) is 10.2 Å². The monoisotopic (exact) mass is 246 g/mol. The van der Waals surface area contributed by atoms with Gasteiger partial charge in [-0.2, -0.15) is 0 Å². The van der Waals surface area contributed by atoms with Gasteiger partial charge in [0.05, 0.1) is 5.92 Å². The number of fused-ring (bicyclic) bond motifs is 1. The molecular formula is C15H22N2O. The fourth-order valence-electron chi connectivity index (χ4n) is 2.49. The Hall–Kier alpha value is -1.35. The number of nitrogens with zero attached hydrogens (tertiary/aromatic N) is 1. The highest BCUT2D eigenvalue weighted by atomic mass is 16.1. The molecule has 3 nitrogen and oxygen atoms in total. The van der Waals surface area contributed by atoms with Crippen molar-refractivity contribution in [1.29, 1.82) is 0 Å². The lowest BCUT2D eigenvalue weighted by molar-refractivity contribution is -0.123. The van der Waals surface area contributed by atoms with Crippen LogP contribution in [0.4, 0.5) is 0 Å². The maximum absolute atomic E-state index is 12.0. The third-order valence-corrected chi connectivity index (χ3v) is 3.79. The Morgan fingerprint density at radius 2 is 2.06 bits per heavy atom. The lowest BCUT2D eigenvalue weighted by atomic mass is 9.77. The van der Waals surface area contributed by atoms with Crippen molar-refractivity contribution in [3.05, 3.63) is 35.4 Å². The smallest absolute Gasteiger partial charge is 0.227 e. The number of nitrogens with one attached hydrogen (secondary N) is 1. The minimum atomic E-state index is 0.0814. The number of carbonyl (C=O) groups excluding carboxylic acids is 1. The molecule has 0 saturated heterocycles. The van der Waals surface area contributed by atoms with Gasteiger partial charge in [0.1, 0.15) is 0 Å². The number of rotatable bonds is 6. The van der Waals surface area contributed by atoms with Crippen molar-refractivity contribution in [2.24, 2.45) is 0 Å². The van der Waals surface area contributed by atoms with E-state index in [2.05, 4.69) is 36.2 Å². The number of benzene rings is 1. The minimum absolute atomic E-state index is 0.0814. The van der Waals surface area contributed by atoms with Crippen LogP contribution in [-0.2, 0) is 11.2 Å². The van der Waals surface area contributed by atoms with Crippen LogP contribution in [-0.4, -0.2) is 37.0 Å². The van der Waals surface area contributed by atoms with E-state index in [1.807, 2.05) is 12.1 Å². The van der Waals surface area contributed by atoms with E-state index in [0.29, 0.717) is 0 Å². The molecule has 0 radical (unpaired) electrons. The Morgan fingerprint density at radius 3 is 2.72 bits per heavy atom. The van der Waals surface area contributed by atoms with E-state index in [9.17, 15) is 4.79 Å². The van der Waals surface area contributed by atoms with E-state index in [4.69, 9.17) is 0 Å². The molecule has 0 aromatic heterocycles. The van der Waals surface area contributed by atoms with Crippen LogP contribution in [0.25, 0.3) is 0 Å². The standard InChI is InChI=1S/C15H22N2O/c1-3-17(4-2)10-9-16-15(18)14-11-12-7-5-6-8-13(12)14/h5-8,14H,3-4,9-11H2,1-2H3,(H,16,18). The molecule has 1 aliphatic rings. The molecule has 0 aliphatic heterocycles. The first-order valence-electron chi connectivity index (χ1n) is 6.84. The molecule has 0 heterocycles. The quantitative estimate of drug-likeness (QED) is 0.830. The minimum Gasteiger partial charge on any atom is -0.354 e. The second-order valence-electron chi connectivity index (χ2n) is 4.77. The van der Waals surface area contributed by atoms with Gasteiger partial charge in [-0.3, -0.25) is 4.79 Å². The van der Waals surface area contributed by atoms with Gasteiger partial charge >= 0.3 is 0 Å². The second kappa shape index (κ2) is 6.01. The maximum Gasteiger partial charge on any atom is 0.227 e. The third kappa shape index (κ3) is 2.72. The van der Waals surface area contributed by atoms with Crippen molar-refractivity contribution in [2.45, 2.75) is 26.2 Å². The van der Waals surface area contributed by atoms with Gasteiger partial charge in [0.15, 0.2) is 0 Å². The van der Waals surface area contributed by atoms with Crippen LogP contribution in [0.15, 0.2) is 24.3 Å². The summed E-state index contributed by atoms with van der Waals surface area (Å²) in [6.45, 7) is 8.06. The number of amides is 1. The predicted molar refractivity (Wildman–Crippen MR) is 73.7 cm³/mol. The van der Waals surface area contributed by atoms with Crippen molar-refractivity contribution in [3.63, 3.8) is 0 Å². The van der Waals surface area contributed by atoms with E-state index in [1.54, 1.807) is 0 Å². The van der Waals surface area contributed by atoms with Gasteiger partial charge in [-0.1, -0.05) is 38.1 Å². The first-order chi connectivity index (χ1) is 8.76. The first kappa shape index (κ1) is 13.1. The van der Waals surface area contributed by atoms with Gasteiger partial charge in [-0.25, -0.2) is 0 Å². The Labute approximate surface area is 109 Å². The van der Waals surface area contributed by atoms with Crippen LogP contribution < -0.4 is 5.32 Å². The van der Waals surface area contributed by atoms with Gasteiger partial charge in [0.2, 0.25) is 5.91 Å². The summed E-state index contributed by atoms with van der Waals surface area (Å²) < 4.78 is 0. The Morgan fingerprint density at radius 1 is 1.33 bits per heavy atom. The summed E-state index contributed by atoms with van der Waals surface area (Å²) in [5.74, 6) is 0.263. The molecule has 1 N–H and O–H groups in total. The van der Waals surface area contributed by atoms with Crippen LogP contribution in [0.5, 0.6) is 0 Å². The van der Waals surface area contributed by atoms with E-state index in [-0.39, 0.29) is 11.8 Å². The Kier molecular flexibility index (Phi) is 4.37. The average molecular weight is 246 g/mol. The van der Waals surface area contributed by atoms with Crippen molar-refractivity contribution < 1.29 is 4.79 Å². The van der Waals surface area contributed by atoms with Crippen molar-refractivity contribution in [3.8, 4) is 0 Å². The van der Waals surface area contributed by atoms with Crippen LogP contribution in [0.3, 0.4) is 0 Å². The average Bonchev–Trinajstić information content (AvgIpc) is 2.36. The molecule has 18 heavy (non-hydrogen) atoms. The fraction of sp³-hybridized carbons (Fsp3) is 0.533. The molecule has 0 fully saturated rings. The number of likely N-dealkylation sites (N-methyl/N-ethyl adjacent to an activating group) is 1. The zero-order valence-corrected chi connectivity index (χ0v) is 11.3. The largest absolute Gasteiger partial charge is 0.354 e. The van der Waals surface area contributed by atoms with Gasteiger partial charge < -0.3 is 10.2 Å². The summed E-state index contributed by atoms with van der Waals surface area (Å²) in [5, 5.41) is 3.04. The zero-order chi connectivity index (χ0) is 13.0. The van der Waals surface area contributed by atoms with E-state index >= 15 is 0 Å². The molecule has 3 heteroatoms. The first-order valence-corrected chi connectivity index (χ1v) is 6.84. The highest BCUT2D eigenvalue weighted by molar-refractivity contribution is 5.86. The molecule has 98 valence electrons. The van der Waals surface area contributed by atoms with Crippen molar-refractivity contribution in [2.75, 3.05) is 26.2 Å². The van der Waals surface area contributed by atoms with Gasteiger partial charge in [-0.15, -0.1) is 0 Å².